The number of rotatable bonds is 3. The van der Waals surface area contributed by atoms with Gasteiger partial charge in [-0.1, -0.05) is 13.8 Å². The lowest BCUT2D eigenvalue weighted by Crippen LogP contribution is -2.18. The predicted molar refractivity (Wildman–Crippen MR) is 54.5 cm³/mol. The van der Waals surface area contributed by atoms with Crippen LogP contribution < -0.4 is 11.5 Å². The molecule has 4 nitrogen and oxygen atoms in total. The highest BCUT2D eigenvalue weighted by Gasteiger charge is 2.12. The Kier molecular flexibility index (Phi) is 3.19. The number of hydrogen-bond donors (Lipinski definition) is 2. The van der Waals surface area contributed by atoms with Crippen LogP contribution in [0.15, 0.2) is 18.5 Å². The van der Waals surface area contributed by atoms with Crippen molar-refractivity contribution in [2.45, 2.75) is 19.9 Å². The monoisotopic (exact) mass is 193 g/mol. The van der Waals surface area contributed by atoms with Gasteiger partial charge in [0.1, 0.15) is 0 Å². The summed E-state index contributed by atoms with van der Waals surface area (Å²) in [5.41, 5.74) is 12.3. The Morgan fingerprint density at radius 3 is 2.57 bits per heavy atom. The fraction of sp³-hybridized carbons (Fsp3) is 0.400. The molecule has 0 saturated heterocycles. The van der Waals surface area contributed by atoms with Crippen molar-refractivity contribution in [3.63, 3.8) is 0 Å². The molecule has 1 rings (SSSR count). The third-order valence-corrected chi connectivity index (χ3v) is 2.15. The second-order valence-corrected chi connectivity index (χ2v) is 3.64. The number of primary amides is 1. The van der Waals surface area contributed by atoms with E-state index in [1.807, 2.05) is 13.8 Å². The number of amides is 1. The molecular formula is C10H15N3O. The number of nitrogens with zero attached hydrogens (tertiary/aromatic N) is 1. The average molecular weight is 193 g/mol. The zero-order chi connectivity index (χ0) is 10.7. The Balaban J connectivity index is 2.99. The first kappa shape index (κ1) is 10.7. The number of aromatic nitrogens is 1. The summed E-state index contributed by atoms with van der Waals surface area (Å²) in [5.74, 6) is -0.171. The molecule has 0 fully saturated rings. The molecule has 0 aliphatic heterocycles. The molecule has 1 amide bonds. The number of nitrogens with two attached hydrogens (primary N) is 2. The van der Waals surface area contributed by atoms with Gasteiger partial charge in [-0.25, -0.2) is 0 Å². The second-order valence-electron chi connectivity index (χ2n) is 3.64. The molecule has 1 atom stereocenters. The lowest BCUT2D eigenvalue weighted by Gasteiger charge is -2.15. The molecule has 1 aromatic rings. The molecule has 0 spiro atoms. The Morgan fingerprint density at radius 2 is 2.07 bits per heavy atom. The van der Waals surface area contributed by atoms with Gasteiger partial charge in [-0.2, -0.15) is 0 Å². The number of carbonyl (C=O) groups is 1. The summed E-state index contributed by atoms with van der Waals surface area (Å²) in [4.78, 5) is 14.8. The predicted octanol–water partition coefficient (Wildman–Crippen LogP) is 0.836. The molecule has 0 bridgehead atoms. The van der Waals surface area contributed by atoms with Crippen LogP contribution in [0.4, 0.5) is 0 Å². The van der Waals surface area contributed by atoms with Gasteiger partial charge in [-0.3, -0.25) is 9.78 Å². The Labute approximate surface area is 83.3 Å². The van der Waals surface area contributed by atoms with Crippen LogP contribution in [-0.2, 0) is 0 Å². The van der Waals surface area contributed by atoms with E-state index in [1.165, 1.54) is 6.20 Å². The summed E-state index contributed by atoms with van der Waals surface area (Å²) in [7, 11) is 0. The van der Waals surface area contributed by atoms with Gasteiger partial charge in [0.25, 0.3) is 0 Å². The SMILES string of the molecule is CC(C)[C@@H](N)c1cncc(C(N)=O)c1. The van der Waals surface area contributed by atoms with E-state index in [4.69, 9.17) is 11.5 Å². The van der Waals surface area contributed by atoms with E-state index in [0.29, 0.717) is 11.5 Å². The first-order valence-corrected chi connectivity index (χ1v) is 4.52. The first-order chi connectivity index (χ1) is 6.52. The highest BCUT2D eigenvalue weighted by Crippen LogP contribution is 2.18. The van der Waals surface area contributed by atoms with Gasteiger partial charge in [0, 0.05) is 18.4 Å². The molecule has 1 heterocycles. The smallest absolute Gasteiger partial charge is 0.250 e. The van der Waals surface area contributed by atoms with Crippen LogP contribution in [0.5, 0.6) is 0 Å². The highest BCUT2D eigenvalue weighted by molar-refractivity contribution is 5.92. The van der Waals surface area contributed by atoms with E-state index in [9.17, 15) is 4.79 Å². The molecular weight excluding hydrogens is 178 g/mol. The first-order valence-electron chi connectivity index (χ1n) is 4.52. The number of hydrogen-bond acceptors (Lipinski definition) is 3. The molecule has 0 aliphatic carbocycles. The summed E-state index contributed by atoms with van der Waals surface area (Å²) in [5, 5.41) is 0. The molecule has 1 aromatic heterocycles. The maximum absolute atomic E-state index is 10.9. The second kappa shape index (κ2) is 4.19. The maximum Gasteiger partial charge on any atom is 0.250 e. The van der Waals surface area contributed by atoms with Crippen LogP contribution >= 0.6 is 0 Å². The summed E-state index contributed by atoms with van der Waals surface area (Å²) in [6, 6.07) is 1.58. The van der Waals surface area contributed by atoms with Gasteiger partial charge in [0.05, 0.1) is 5.56 Å². The fourth-order valence-electron chi connectivity index (χ4n) is 1.16. The Morgan fingerprint density at radius 1 is 1.43 bits per heavy atom. The van der Waals surface area contributed by atoms with E-state index < -0.39 is 5.91 Å². The van der Waals surface area contributed by atoms with Crippen molar-refractivity contribution < 1.29 is 4.79 Å². The van der Waals surface area contributed by atoms with Gasteiger partial charge < -0.3 is 11.5 Å². The quantitative estimate of drug-likeness (QED) is 0.746. The molecule has 76 valence electrons. The van der Waals surface area contributed by atoms with Crippen molar-refractivity contribution in [1.29, 1.82) is 0 Å². The lowest BCUT2D eigenvalue weighted by molar-refractivity contribution is 0.1000. The minimum atomic E-state index is -0.477. The van der Waals surface area contributed by atoms with Crippen molar-refractivity contribution in [2.24, 2.45) is 17.4 Å². The van der Waals surface area contributed by atoms with Gasteiger partial charge in [0.15, 0.2) is 0 Å². The van der Waals surface area contributed by atoms with Crippen molar-refractivity contribution in [1.82, 2.24) is 4.98 Å². The third-order valence-electron chi connectivity index (χ3n) is 2.15. The molecule has 4 heteroatoms. The topological polar surface area (TPSA) is 82.0 Å². The summed E-state index contributed by atoms with van der Waals surface area (Å²) >= 11 is 0. The molecule has 0 aromatic carbocycles. The molecule has 4 N–H and O–H groups in total. The van der Waals surface area contributed by atoms with Crippen molar-refractivity contribution in [2.75, 3.05) is 0 Å². The van der Waals surface area contributed by atoms with Crippen LogP contribution in [0.25, 0.3) is 0 Å². The number of carbonyl (C=O) groups excluding carboxylic acids is 1. The van der Waals surface area contributed by atoms with Crippen LogP contribution in [0.1, 0.15) is 35.8 Å². The number of pyridine rings is 1. The van der Waals surface area contributed by atoms with E-state index in [0.717, 1.165) is 5.56 Å². The summed E-state index contributed by atoms with van der Waals surface area (Å²) in [6.07, 6.45) is 3.11. The van der Waals surface area contributed by atoms with Gasteiger partial charge in [-0.05, 0) is 17.5 Å². The Bertz CT molecular complexity index is 336. The molecule has 0 saturated carbocycles. The standard InChI is InChI=1S/C10H15N3O/c1-6(2)9(11)7-3-8(10(12)14)5-13-4-7/h3-6,9H,11H2,1-2H3,(H2,12,14)/t9-/m1/s1. The summed E-state index contributed by atoms with van der Waals surface area (Å²) in [6.45, 7) is 4.03. The molecule has 0 aliphatic rings. The van der Waals surface area contributed by atoms with Crippen LogP contribution in [0.3, 0.4) is 0 Å². The zero-order valence-corrected chi connectivity index (χ0v) is 8.40. The van der Waals surface area contributed by atoms with Crippen molar-refractivity contribution in [3.05, 3.63) is 29.6 Å². The molecule has 14 heavy (non-hydrogen) atoms. The van der Waals surface area contributed by atoms with Gasteiger partial charge in [-0.15, -0.1) is 0 Å². The van der Waals surface area contributed by atoms with E-state index in [-0.39, 0.29) is 6.04 Å². The largest absolute Gasteiger partial charge is 0.366 e. The van der Waals surface area contributed by atoms with Crippen molar-refractivity contribution >= 4 is 5.91 Å². The van der Waals surface area contributed by atoms with Gasteiger partial charge in [0.2, 0.25) is 5.91 Å². The Hall–Kier alpha value is -1.42. The highest BCUT2D eigenvalue weighted by atomic mass is 16.1. The van der Waals surface area contributed by atoms with Gasteiger partial charge >= 0.3 is 0 Å². The normalized spacial score (nSPS) is 12.9. The minimum absolute atomic E-state index is 0.109. The fourth-order valence-corrected chi connectivity index (χ4v) is 1.16. The molecule has 0 unspecified atom stereocenters. The minimum Gasteiger partial charge on any atom is -0.366 e. The average Bonchev–Trinajstić information content (AvgIpc) is 2.16. The maximum atomic E-state index is 10.9. The van der Waals surface area contributed by atoms with E-state index in [2.05, 4.69) is 4.98 Å². The van der Waals surface area contributed by atoms with Crippen LogP contribution in [-0.4, -0.2) is 10.9 Å². The van der Waals surface area contributed by atoms with Crippen molar-refractivity contribution in [3.8, 4) is 0 Å². The van der Waals surface area contributed by atoms with E-state index in [1.54, 1.807) is 12.3 Å². The third kappa shape index (κ3) is 2.29. The summed E-state index contributed by atoms with van der Waals surface area (Å²) < 4.78 is 0. The van der Waals surface area contributed by atoms with Crippen LogP contribution in [0, 0.1) is 5.92 Å². The molecule has 0 radical (unpaired) electrons. The lowest BCUT2D eigenvalue weighted by atomic mass is 9.97. The van der Waals surface area contributed by atoms with E-state index >= 15 is 0 Å². The zero-order valence-electron chi connectivity index (χ0n) is 8.40. The van der Waals surface area contributed by atoms with Crippen LogP contribution in [0.2, 0.25) is 0 Å².